The van der Waals surface area contributed by atoms with Gasteiger partial charge in [0.15, 0.2) is 0 Å². The zero-order valence-electron chi connectivity index (χ0n) is 14.6. The molecule has 3 aromatic carbocycles. The van der Waals surface area contributed by atoms with Gasteiger partial charge in [-0.3, -0.25) is 4.99 Å². The normalized spacial score (nSPS) is 15.4. The second-order valence-corrected chi connectivity index (χ2v) is 6.62. The number of fused-ring (bicyclic) bond motifs is 3. The summed E-state index contributed by atoms with van der Waals surface area (Å²) >= 11 is 0. The van der Waals surface area contributed by atoms with Crippen molar-refractivity contribution >= 4 is 5.71 Å². The molecule has 2 nitrogen and oxygen atoms in total. The van der Waals surface area contributed by atoms with E-state index in [1.807, 2.05) is 54.7 Å². The van der Waals surface area contributed by atoms with E-state index in [0.29, 0.717) is 0 Å². The summed E-state index contributed by atoms with van der Waals surface area (Å²) in [4.78, 5) is 5.14. The van der Waals surface area contributed by atoms with E-state index in [1.54, 1.807) is 12.1 Å². The van der Waals surface area contributed by atoms with Crippen LogP contribution in [0.5, 0.6) is 0 Å². The van der Waals surface area contributed by atoms with Crippen molar-refractivity contribution in [2.45, 2.75) is 6.04 Å². The average molecular weight is 352 g/mol. The SMILES string of the molecule is Fc1cccc(C2=N[C@@H](c3ccccc3)c3ccccc3-n3cccc32)c1. The first kappa shape index (κ1) is 15.8. The Kier molecular flexibility index (Phi) is 3.72. The van der Waals surface area contributed by atoms with Crippen LogP contribution in [-0.4, -0.2) is 10.3 Å². The Morgan fingerprint density at radius 1 is 0.778 bits per heavy atom. The van der Waals surface area contributed by atoms with Crippen LogP contribution in [0.2, 0.25) is 0 Å². The quantitative estimate of drug-likeness (QED) is 0.450. The molecule has 0 N–H and O–H groups in total. The predicted octanol–water partition coefficient (Wildman–Crippen LogP) is 5.56. The van der Waals surface area contributed by atoms with Gasteiger partial charge < -0.3 is 4.57 Å². The third kappa shape index (κ3) is 2.68. The smallest absolute Gasteiger partial charge is 0.123 e. The van der Waals surface area contributed by atoms with E-state index < -0.39 is 0 Å². The summed E-state index contributed by atoms with van der Waals surface area (Å²) in [6, 6.07) is 29.1. The van der Waals surface area contributed by atoms with Crippen molar-refractivity contribution in [1.29, 1.82) is 0 Å². The second-order valence-electron chi connectivity index (χ2n) is 6.62. The van der Waals surface area contributed by atoms with Gasteiger partial charge in [-0.05, 0) is 35.9 Å². The van der Waals surface area contributed by atoms with E-state index in [1.165, 1.54) is 6.07 Å². The van der Waals surface area contributed by atoms with Gasteiger partial charge in [0.2, 0.25) is 0 Å². The fourth-order valence-corrected chi connectivity index (χ4v) is 3.73. The molecule has 0 saturated carbocycles. The summed E-state index contributed by atoms with van der Waals surface area (Å²) in [7, 11) is 0. The third-order valence-corrected chi connectivity index (χ3v) is 4.95. The van der Waals surface area contributed by atoms with Crippen molar-refractivity contribution in [3.05, 3.63) is 125 Å². The molecule has 0 aliphatic carbocycles. The zero-order valence-corrected chi connectivity index (χ0v) is 14.6. The molecule has 1 aromatic heterocycles. The molecule has 1 aliphatic heterocycles. The molecule has 27 heavy (non-hydrogen) atoms. The summed E-state index contributed by atoms with van der Waals surface area (Å²) in [5.41, 5.74) is 5.89. The molecular formula is C24H17FN2. The van der Waals surface area contributed by atoms with Crippen LogP contribution in [-0.2, 0) is 0 Å². The molecule has 130 valence electrons. The Bertz CT molecular complexity index is 1140. The second kappa shape index (κ2) is 6.36. The number of para-hydroxylation sites is 1. The topological polar surface area (TPSA) is 17.3 Å². The van der Waals surface area contributed by atoms with Crippen LogP contribution in [0.15, 0.2) is 102 Å². The van der Waals surface area contributed by atoms with Gasteiger partial charge in [-0.25, -0.2) is 4.39 Å². The Morgan fingerprint density at radius 3 is 2.44 bits per heavy atom. The minimum Gasteiger partial charge on any atom is -0.315 e. The molecule has 3 heteroatoms. The summed E-state index contributed by atoms with van der Waals surface area (Å²) in [6.07, 6.45) is 2.04. The molecule has 0 spiro atoms. The lowest BCUT2D eigenvalue weighted by Crippen LogP contribution is -2.08. The number of rotatable bonds is 2. The van der Waals surface area contributed by atoms with Crippen molar-refractivity contribution in [2.24, 2.45) is 4.99 Å². The molecule has 0 bridgehead atoms. The van der Waals surface area contributed by atoms with Crippen LogP contribution in [0.4, 0.5) is 4.39 Å². The molecule has 0 radical (unpaired) electrons. The van der Waals surface area contributed by atoms with Gasteiger partial charge in [-0.2, -0.15) is 0 Å². The van der Waals surface area contributed by atoms with Crippen molar-refractivity contribution < 1.29 is 4.39 Å². The summed E-state index contributed by atoms with van der Waals surface area (Å²) in [6.45, 7) is 0. The molecule has 4 aromatic rings. The number of hydrogen-bond acceptors (Lipinski definition) is 1. The van der Waals surface area contributed by atoms with Crippen LogP contribution < -0.4 is 0 Å². The van der Waals surface area contributed by atoms with E-state index in [9.17, 15) is 4.39 Å². The highest BCUT2D eigenvalue weighted by atomic mass is 19.1. The highest BCUT2D eigenvalue weighted by molar-refractivity contribution is 6.12. The monoisotopic (exact) mass is 352 g/mol. The lowest BCUT2D eigenvalue weighted by Gasteiger charge is -2.16. The van der Waals surface area contributed by atoms with Crippen LogP contribution in [0.25, 0.3) is 5.69 Å². The van der Waals surface area contributed by atoms with Crippen LogP contribution in [0, 0.1) is 5.82 Å². The first-order valence-corrected chi connectivity index (χ1v) is 8.97. The van der Waals surface area contributed by atoms with Crippen LogP contribution in [0.3, 0.4) is 0 Å². The fourth-order valence-electron chi connectivity index (χ4n) is 3.73. The van der Waals surface area contributed by atoms with Crippen LogP contribution >= 0.6 is 0 Å². The molecule has 0 amide bonds. The molecule has 0 saturated heterocycles. The molecule has 0 fully saturated rings. The first-order chi connectivity index (χ1) is 13.3. The van der Waals surface area contributed by atoms with E-state index in [2.05, 4.69) is 28.8 Å². The highest BCUT2D eigenvalue weighted by Crippen LogP contribution is 2.35. The van der Waals surface area contributed by atoms with Gasteiger partial charge in [-0.15, -0.1) is 0 Å². The summed E-state index contributed by atoms with van der Waals surface area (Å²) in [5, 5.41) is 0. The lowest BCUT2D eigenvalue weighted by molar-refractivity contribution is 0.627. The maximum atomic E-state index is 13.9. The number of nitrogens with zero attached hydrogens (tertiary/aromatic N) is 2. The predicted molar refractivity (Wildman–Crippen MR) is 106 cm³/mol. The maximum absolute atomic E-state index is 13.9. The minimum atomic E-state index is -0.258. The highest BCUT2D eigenvalue weighted by Gasteiger charge is 2.25. The fraction of sp³-hybridized carbons (Fsp3) is 0.0417. The average Bonchev–Trinajstić information content (AvgIpc) is 3.14. The van der Waals surface area contributed by atoms with Gasteiger partial charge in [0.05, 0.1) is 17.1 Å². The van der Waals surface area contributed by atoms with E-state index >= 15 is 0 Å². The van der Waals surface area contributed by atoms with E-state index in [0.717, 1.165) is 33.8 Å². The molecule has 5 rings (SSSR count). The Balaban J connectivity index is 1.82. The van der Waals surface area contributed by atoms with Gasteiger partial charge >= 0.3 is 0 Å². The zero-order chi connectivity index (χ0) is 18.2. The number of halogens is 1. The van der Waals surface area contributed by atoms with Crippen molar-refractivity contribution in [3.63, 3.8) is 0 Å². The Labute approximate surface area is 157 Å². The van der Waals surface area contributed by atoms with E-state index in [-0.39, 0.29) is 11.9 Å². The van der Waals surface area contributed by atoms with E-state index in [4.69, 9.17) is 4.99 Å². The van der Waals surface area contributed by atoms with Gasteiger partial charge in [0.25, 0.3) is 0 Å². The number of aromatic nitrogens is 1. The maximum Gasteiger partial charge on any atom is 0.123 e. The minimum absolute atomic E-state index is 0.152. The molecule has 1 aliphatic rings. The number of hydrogen-bond donors (Lipinski definition) is 0. The lowest BCUT2D eigenvalue weighted by atomic mass is 9.97. The summed E-state index contributed by atoms with van der Waals surface area (Å²) in [5.74, 6) is -0.258. The number of benzene rings is 3. The van der Waals surface area contributed by atoms with Crippen molar-refractivity contribution in [3.8, 4) is 5.69 Å². The van der Waals surface area contributed by atoms with Gasteiger partial charge in [0.1, 0.15) is 11.9 Å². The van der Waals surface area contributed by atoms with Crippen LogP contribution in [0.1, 0.15) is 28.4 Å². The molecule has 1 atom stereocenters. The third-order valence-electron chi connectivity index (χ3n) is 4.95. The molecule has 0 unspecified atom stereocenters. The molecular weight excluding hydrogens is 335 g/mol. The molecule has 2 heterocycles. The summed E-state index contributed by atoms with van der Waals surface area (Å²) < 4.78 is 16.1. The van der Waals surface area contributed by atoms with Gasteiger partial charge in [-0.1, -0.05) is 60.7 Å². The largest absolute Gasteiger partial charge is 0.315 e. The van der Waals surface area contributed by atoms with Gasteiger partial charge in [0, 0.05) is 17.3 Å². The number of aliphatic imine (C=N–C) groups is 1. The Morgan fingerprint density at radius 2 is 1.59 bits per heavy atom. The standard InChI is InChI=1S/C24H17FN2/c25-19-11-6-10-18(16-19)24-22-14-7-15-27(22)21-13-5-4-12-20(21)23(26-24)17-8-2-1-3-9-17/h1-16,23H/t23-/m0/s1. The van der Waals surface area contributed by atoms with Crippen molar-refractivity contribution in [1.82, 2.24) is 4.57 Å². The Hall–Kier alpha value is -3.46. The van der Waals surface area contributed by atoms with Crippen molar-refractivity contribution in [2.75, 3.05) is 0 Å². The first-order valence-electron chi connectivity index (χ1n) is 8.97.